The number of tetrazole rings is 1. The maximum Gasteiger partial charge on any atom is 0.333 e. The molecule has 2 aromatic heterocycles. The number of benzene rings is 2. The van der Waals surface area contributed by atoms with Crippen LogP contribution in [0.5, 0.6) is 0 Å². The first-order valence-corrected chi connectivity index (χ1v) is 12.0. The number of aromatic nitrogens is 6. The highest BCUT2D eigenvalue weighted by Crippen LogP contribution is 2.40. The molecule has 0 unspecified atom stereocenters. The van der Waals surface area contributed by atoms with Crippen molar-refractivity contribution in [3.8, 4) is 5.69 Å². The van der Waals surface area contributed by atoms with E-state index < -0.39 is 30.2 Å². The van der Waals surface area contributed by atoms with Crippen molar-refractivity contribution in [3.63, 3.8) is 0 Å². The monoisotopic (exact) mass is 542 g/mol. The fourth-order valence-electron chi connectivity index (χ4n) is 5.14. The normalized spacial score (nSPS) is 19.2. The Morgan fingerprint density at radius 2 is 2.03 bits per heavy atom. The maximum atomic E-state index is 15.2. The molecule has 0 aliphatic carbocycles. The zero-order chi connectivity index (χ0) is 26.6. The zero-order valence-corrected chi connectivity index (χ0v) is 20.2. The summed E-state index contributed by atoms with van der Waals surface area (Å²) >= 11 is 6.06. The number of rotatable bonds is 5. The van der Waals surface area contributed by atoms with Gasteiger partial charge >= 0.3 is 6.55 Å². The maximum absolute atomic E-state index is 15.2. The van der Waals surface area contributed by atoms with Crippen molar-refractivity contribution >= 4 is 45.6 Å². The Morgan fingerprint density at radius 3 is 2.79 bits per heavy atom. The molecule has 6 rings (SSSR count). The molecule has 1 saturated heterocycles. The first kappa shape index (κ1) is 24.1. The minimum atomic E-state index is -2.77. The molecule has 1 N–H and O–H groups in total. The third kappa shape index (κ3) is 4.08. The van der Waals surface area contributed by atoms with E-state index in [-0.39, 0.29) is 16.6 Å². The summed E-state index contributed by atoms with van der Waals surface area (Å²) in [7, 11) is 0. The van der Waals surface area contributed by atoms with Crippen molar-refractivity contribution in [3.05, 3.63) is 65.3 Å². The van der Waals surface area contributed by atoms with E-state index in [0.29, 0.717) is 51.8 Å². The van der Waals surface area contributed by atoms with Gasteiger partial charge in [-0.2, -0.15) is 18.6 Å². The van der Waals surface area contributed by atoms with Crippen LogP contribution in [0, 0.1) is 5.82 Å². The predicted octanol–water partition coefficient (Wildman–Crippen LogP) is 3.99. The number of halogens is 4. The number of hydrogen-bond donors (Lipinski definition) is 1. The number of hydrogen-bond acceptors (Lipinski definition) is 6. The second kappa shape index (κ2) is 9.24. The molecule has 2 amide bonds. The molecule has 4 aromatic rings. The third-order valence-corrected chi connectivity index (χ3v) is 7.08. The smallest absolute Gasteiger partial charge is 0.324 e. The van der Waals surface area contributed by atoms with Crippen LogP contribution >= 0.6 is 11.6 Å². The van der Waals surface area contributed by atoms with Crippen LogP contribution in [0.25, 0.3) is 22.2 Å². The van der Waals surface area contributed by atoms with E-state index in [1.807, 2.05) is 0 Å². The van der Waals surface area contributed by atoms with Gasteiger partial charge in [0.05, 0.1) is 16.2 Å². The molecule has 2 atom stereocenters. The van der Waals surface area contributed by atoms with Crippen molar-refractivity contribution in [2.24, 2.45) is 0 Å². The van der Waals surface area contributed by atoms with Gasteiger partial charge in [-0.1, -0.05) is 11.6 Å². The molecule has 10 nitrogen and oxygen atoms in total. The Balaban J connectivity index is 1.25. The first-order valence-electron chi connectivity index (χ1n) is 11.6. The highest BCUT2D eigenvalue weighted by atomic mass is 35.5. The summed E-state index contributed by atoms with van der Waals surface area (Å²) in [4.78, 5) is 27.9. The van der Waals surface area contributed by atoms with Gasteiger partial charge in [-0.15, -0.1) is 5.10 Å². The van der Waals surface area contributed by atoms with Gasteiger partial charge in [-0.05, 0) is 65.6 Å². The molecule has 0 spiro atoms. The number of carbonyl (C=O) groups excluding carboxylic acids is 2. The Hall–Kier alpha value is -4.26. The molecule has 14 heteroatoms. The fourth-order valence-corrected chi connectivity index (χ4v) is 5.30. The summed E-state index contributed by atoms with van der Waals surface area (Å²) < 4.78 is 42.9. The molecular weight excluding hydrogens is 525 g/mol. The molecule has 2 aliphatic heterocycles. The fraction of sp³-hybridized carbons (Fsp3) is 0.250. The second-order valence-corrected chi connectivity index (χ2v) is 9.43. The minimum absolute atomic E-state index is 0.104. The lowest BCUT2D eigenvalue weighted by Crippen LogP contribution is -2.48. The van der Waals surface area contributed by atoms with Gasteiger partial charge in [0.1, 0.15) is 12.4 Å². The number of fused-ring (bicyclic) bond motifs is 2. The summed E-state index contributed by atoms with van der Waals surface area (Å²) in [5.74, 6) is -1.52. The van der Waals surface area contributed by atoms with Crippen LogP contribution in [0.1, 0.15) is 31.4 Å². The molecular formula is C24H18ClF3N8O2. The summed E-state index contributed by atoms with van der Waals surface area (Å²) in [5, 5.41) is 17.9. The largest absolute Gasteiger partial charge is 0.333 e. The summed E-state index contributed by atoms with van der Waals surface area (Å²) in [6, 6.07) is 6.53. The van der Waals surface area contributed by atoms with Crippen LogP contribution in [-0.4, -0.2) is 58.8 Å². The van der Waals surface area contributed by atoms with E-state index in [0.717, 1.165) is 0 Å². The van der Waals surface area contributed by atoms with Gasteiger partial charge in [0, 0.05) is 35.0 Å². The number of nitrogens with one attached hydrogen (secondary N) is 1. The molecule has 2 aliphatic rings. The van der Waals surface area contributed by atoms with Gasteiger partial charge in [0.2, 0.25) is 11.8 Å². The molecule has 2 aromatic carbocycles. The molecule has 38 heavy (non-hydrogen) atoms. The van der Waals surface area contributed by atoms with E-state index in [1.54, 1.807) is 18.2 Å². The highest BCUT2D eigenvalue weighted by molar-refractivity contribution is 6.31. The molecule has 0 saturated carbocycles. The second-order valence-electron chi connectivity index (χ2n) is 9.03. The number of amides is 2. The third-order valence-electron chi connectivity index (χ3n) is 6.79. The van der Waals surface area contributed by atoms with Crippen LogP contribution in [0.3, 0.4) is 0 Å². The Morgan fingerprint density at radius 1 is 1.18 bits per heavy atom. The highest BCUT2D eigenvalue weighted by Gasteiger charge is 2.43. The van der Waals surface area contributed by atoms with Crippen LogP contribution in [-0.2, 0) is 9.59 Å². The van der Waals surface area contributed by atoms with Gasteiger partial charge in [-0.3, -0.25) is 9.59 Å². The summed E-state index contributed by atoms with van der Waals surface area (Å²) in [6.45, 7) is -2.77. The molecule has 4 heterocycles. The summed E-state index contributed by atoms with van der Waals surface area (Å²) in [5.41, 5.74) is 1.66. The van der Waals surface area contributed by atoms with E-state index >= 15 is 4.39 Å². The van der Waals surface area contributed by atoms with Crippen molar-refractivity contribution in [1.29, 1.82) is 0 Å². The van der Waals surface area contributed by atoms with Gasteiger partial charge in [-0.25, -0.2) is 9.07 Å². The minimum Gasteiger partial charge on any atom is -0.324 e. The Bertz CT molecular complexity index is 1600. The summed E-state index contributed by atoms with van der Waals surface area (Å²) in [6.07, 6.45) is 5.07. The number of anilines is 1. The lowest BCUT2D eigenvalue weighted by atomic mass is 9.92. The van der Waals surface area contributed by atoms with E-state index in [4.69, 9.17) is 11.6 Å². The number of nitrogens with zero attached hydrogens (tertiary/aromatic N) is 7. The Labute approximate surface area is 217 Å². The van der Waals surface area contributed by atoms with Crippen LogP contribution < -0.4 is 5.32 Å². The van der Waals surface area contributed by atoms with Crippen molar-refractivity contribution in [2.75, 3.05) is 5.32 Å². The van der Waals surface area contributed by atoms with Gasteiger partial charge in [0.25, 0.3) is 0 Å². The quantitative estimate of drug-likeness (QED) is 0.408. The number of carbonyl (C=O) groups is 2. The molecule has 0 radical (unpaired) electrons. The van der Waals surface area contributed by atoms with E-state index in [2.05, 4.69) is 25.9 Å². The molecule has 194 valence electrons. The standard InChI is InChI=1S/C24H18ClF3N8O2/c25-16-3-6-18(35-11-29-32-33-35)21(22(16)26)12-8-15-2-5-19(36(15)20(37)9-12)23(38)30-14-1-4-17-13(7-14)10-34(31-17)24(27)28/h1,3-4,6-7,9-11,15,19,24H,2,5,8H2,(H,30,38)/t15-,19-/m0/s1. The van der Waals surface area contributed by atoms with Gasteiger partial charge < -0.3 is 10.2 Å². The molecule has 0 bridgehead atoms. The zero-order valence-electron chi connectivity index (χ0n) is 19.4. The first-order chi connectivity index (χ1) is 18.3. The topological polar surface area (TPSA) is 111 Å². The molecule has 1 fully saturated rings. The average Bonchev–Trinajstić information content (AvgIpc) is 3.65. The van der Waals surface area contributed by atoms with Gasteiger partial charge in [0.15, 0.2) is 5.82 Å². The van der Waals surface area contributed by atoms with Crippen LogP contribution in [0.15, 0.2) is 48.9 Å². The number of alkyl halides is 2. The average molecular weight is 543 g/mol. The van der Waals surface area contributed by atoms with Crippen LogP contribution in [0.4, 0.5) is 18.9 Å². The predicted molar refractivity (Wildman–Crippen MR) is 130 cm³/mol. The van der Waals surface area contributed by atoms with Crippen molar-refractivity contribution in [1.82, 2.24) is 34.9 Å². The lowest BCUT2D eigenvalue weighted by molar-refractivity contribution is -0.135. The van der Waals surface area contributed by atoms with E-state index in [9.17, 15) is 18.4 Å². The van der Waals surface area contributed by atoms with E-state index in [1.165, 1.54) is 40.3 Å². The van der Waals surface area contributed by atoms with Crippen molar-refractivity contribution < 1.29 is 22.8 Å². The van der Waals surface area contributed by atoms with Crippen molar-refractivity contribution in [2.45, 2.75) is 37.9 Å². The van der Waals surface area contributed by atoms with Crippen LogP contribution in [0.2, 0.25) is 5.02 Å². The Kier molecular flexibility index (Phi) is 5.86. The lowest BCUT2D eigenvalue weighted by Gasteiger charge is -2.33. The SMILES string of the molecule is O=C(Nc1ccc2nn(C(F)F)cc2c1)[C@@H]1CC[C@H]2CC(c3c(-n4cnnn4)ccc(Cl)c3F)=CC(=O)N21.